The third kappa shape index (κ3) is 2.68. The second-order valence-corrected chi connectivity index (χ2v) is 5.88. The van der Waals surface area contributed by atoms with Gasteiger partial charge in [0.15, 0.2) is 5.82 Å². The topological polar surface area (TPSA) is 66.8 Å². The highest BCUT2D eigenvalue weighted by atomic mass is 35.5. The van der Waals surface area contributed by atoms with Gasteiger partial charge in [-0.05, 0) is 32.3 Å². The summed E-state index contributed by atoms with van der Waals surface area (Å²) < 4.78 is 1.76. The van der Waals surface area contributed by atoms with Gasteiger partial charge in [0.2, 0.25) is 0 Å². The maximum Gasteiger partial charge on any atom is 0.271 e. The van der Waals surface area contributed by atoms with Crippen LogP contribution >= 0.6 is 11.6 Å². The van der Waals surface area contributed by atoms with Crippen molar-refractivity contribution in [2.45, 2.75) is 32.2 Å². The minimum atomic E-state index is -0.0649. The molecule has 0 bridgehead atoms. The Morgan fingerprint density at radius 3 is 2.90 bits per heavy atom. The van der Waals surface area contributed by atoms with Crippen LogP contribution in [0.5, 0.6) is 0 Å². The van der Waals surface area contributed by atoms with Gasteiger partial charge < -0.3 is 9.47 Å². The Labute approximate surface area is 128 Å². The highest BCUT2D eigenvalue weighted by Gasteiger charge is 2.32. The van der Waals surface area contributed by atoms with Crippen LogP contribution < -0.4 is 0 Å². The van der Waals surface area contributed by atoms with Gasteiger partial charge in [0.25, 0.3) is 5.91 Å². The Morgan fingerprint density at radius 2 is 2.29 bits per heavy atom. The van der Waals surface area contributed by atoms with E-state index in [1.807, 2.05) is 18.9 Å². The minimum Gasteiger partial charge on any atom is -0.345 e. The molecule has 2 aromatic rings. The van der Waals surface area contributed by atoms with Gasteiger partial charge in [0.05, 0.1) is 11.1 Å². The molecule has 0 aliphatic carbocycles. The zero-order valence-corrected chi connectivity index (χ0v) is 12.9. The molecule has 1 amide bonds. The van der Waals surface area contributed by atoms with E-state index in [-0.39, 0.29) is 11.9 Å². The number of piperidine rings is 1. The van der Waals surface area contributed by atoms with Crippen LogP contribution in [-0.2, 0) is 7.05 Å². The second-order valence-electron chi connectivity index (χ2n) is 5.44. The van der Waals surface area contributed by atoms with Gasteiger partial charge in [-0.2, -0.15) is 5.10 Å². The quantitative estimate of drug-likeness (QED) is 0.927. The monoisotopic (exact) mass is 307 g/mol. The van der Waals surface area contributed by atoms with Crippen molar-refractivity contribution < 1.29 is 4.79 Å². The van der Waals surface area contributed by atoms with E-state index in [9.17, 15) is 4.79 Å². The zero-order valence-electron chi connectivity index (χ0n) is 12.1. The normalized spacial score (nSPS) is 19.0. The van der Waals surface area contributed by atoms with Crippen LogP contribution in [0.15, 0.2) is 12.3 Å². The number of aryl methyl sites for hydroxylation is 2. The molecule has 0 radical (unpaired) electrons. The summed E-state index contributed by atoms with van der Waals surface area (Å²) in [5.74, 6) is 1.45. The Hall–Kier alpha value is -1.82. The lowest BCUT2D eigenvalue weighted by atomic mass is 10.0. The van der Waals surface area contributed by atoms with E-state index in [4.69, 9.17) is 11.6 Å². The van der Waals surface area contributed by atoms with Crippen molar-refractivity contribution in [3.63, 3.8) is 0 Å². The average Bonchev–Trinajstić information content (AvgIpc) is 3.04. The van der Waals surface area contributed by atoms with Gasteiger partial charge in [-0.25, -0.2) is 4.98 Å². The van der Waals surface area contributed by atoms with Crippen LogP contribution in [-0.4, -0.2) is 37.1 Å². The Morgan fingerprint density at radius 1 is 1.48 bits per heavy atom. The summed E-state index contributed by atoms with van der Waals surface area (Å²) in [6, 6.07) is 1.64. The molecule has 6 nitrogen and oxygen atoms in total. The van der Waals surface area contributed by atoms with E-state index in [0.29, 0.717) is 16.5 Å². The fourth-order valence-corrected chi connectivity index (χ4v) is 3.09. The molecule has 0 spiro atoms. The van der Waals surface area contributed by atoms with Crippen LogP contribution in [0.4, 0.5) is 0 Å². The van der Waals surface area contributed by atoms with Crippen molar-refractivity contribution in [1.29, 1.82) is 0 Å². The number of rotatable bonds is 2. The van der Waals surface area contributed by atoms with Gasteiger partial charge in [-0.15, -0.1) is 0 Å². The standard InChI is InChI=1S/C14H18ClN5O/c1-9-16-13(18-17-9)11-5-3-4-6-20(11)14(21)12-7-10(15)8-19(12)2/h7-8,11H,3-6H2,1-2H3,(H,16,17,18). The highest BCUT2D eigenvalue weighted by molar-refractivity contribution is 6.31. The van der Waals surface area contributed by atoms with Gasteiger partial charge in [0.1, 0.15) is 11.5 Å². The van der Waals surface area contributed by atoms with Crippen molar-refractivity contribution >= 4 is 17.5 Å². The summed E-state index contributed by atoms with van der Waals surface area (Å²) in [6.07, 6.45) is 4.71. The number of nitrogens with one attached hydrogen (secondary N) is 1. The number of halogens is 1. The number of H-pyrrole nitrogens is 1. The van der Waals surface area contributed by atoms with Crippen LogP contribution in [0.1, 0.15) is 47.4 Å². The summed E-state index contributed by atoms with van der Waals surface area (Å²) in [5, 5.41) is 7.66. The maximum atomic E-state index is 12.8. The number of aromatic amines is 1. The van der Waals surface area contributed by atoms with Crippen molar-refractivity contribution in [2.24, 2.45) is 7.05 Å². The molecule has 112 valence electrons. The number of hydrogen-bond acceptors (Lipinski definition) is 3. The first kappa shape index (κ1) is 14.1. The largest absolute Gasteiger partial charge is 0.345 e. The molecule has 1 aliphatic heterocycles. The summed E-state index contributed by atoms with van der Waals surface area (Å²) in [6.45, 7) is 2.59. The maximum absolute atomic E-state index is 12.8. The van der Waals surface area contributed by atoms with E-state index in [2.05, 4.69) is 15.2 Å². The molecule has 1 unspecified atom stereocenters. The number of carbonyl (C=O) groups excluding carboxylic acids is 1. The number of aromatic nitrogens is 4. The molecular weight excluding hydrogens is 290 g/mol. The van der Waals surface area contributed by atoms with Crippen LogP contribution in [0.2, 0.25) is 5.02 Å². The van der Waals surface area contributed by atoms with Crippen molar-refractivity contribution in [1.82, 2.24) is 24.6 Å². The van der Waals surface area contributed by atoms with E-state index >= 15 is 0 Å². The van der Waals surface area contributed by atoms with Gasteiger partial charge in [-0.1, -0.05) is 11.6 Å². The minimum absolute atomic E-state index is 0.0171. The molecule has 3 heterocycles. The summed E-state index contributed by atoms with van der Waals surface area (Å²) in [4.78, 5) is 19.1. The molecule has 2 aromatic heterocycles. The highest BCUT2D eigenvalue weighted by Crippen LogP contribution is 2.30. The van der Waals surface area contributed by atoms with Crippen LogP contribution in [0.3, 0.4) is 0 Å². The summed E-state index contributed by atoms with van der Waals surface area (Å²) in [5.41, 5.74) is 0.596. The van der Waals surface area contributed by atoms with E-state index in [1.54, 1.807) is 16.8 Å². The van der Waals surface area contributed by atoms with Crippen molar-refractivity contribution in [3.8, 4) is 0 Å². The van der Waals surface area contributed by atoms with Gasteiger partial charge in [-0.3, -0.25) is 9.89 Å². The van der Waals surface area contributed by atoms with Crippen molar-refractivity contribution in [2.75, 3.05) is 6.54 Å². The first-order chi connectivity index (χ1) is 10.1. The molecule has 1 saturated heterocycles. The molecule has 1 fully saturated rings. The third-order valence-corrected chi connectivity index (χ3v) is 4.07. The number of likely N-dealkylation sites (tertiary alicyclic amines) is 1. The predicted octanol–water partition coefficient (Wildman–Crippen LogP) is 2.47. The third-order valence-electron chi connectivity index (χ3n) is 3.87. The number of hydrogen-bond donors (Lipinski definition) is 1. The van der Waals surface area contributed by atoms with Crippen LogP contribution in [0.25, 0.3) is 0 Å². The number of nitrogens with zero attached hydrogens (tertiary/aromatic N) is 4. The first-order valence-electron chi connectivity index (χ1n) is 7.08. The number of carbonyl (C=O) groups is 1. The SMILES string of the molecule is Cc1nc(C2CCCCN2C(=O)c2cc(Cl)cn2C)n[nH]1. The van der Waals surface area contributed by atoms with E-state index < -0.39 is 0 Å². The number of amides is 1. The molecule has 0 saturated carbocycles. The lowest BCUT2D eigenvalue weighted by Crippen LogP contribution is -2.39. The van der Waals surface area contributed by atoms with E-state index in [0.717, 1.165) is 31.6 Å². The van der Waals surface area contributed by atoms with Crippen molar-refractivity contribution in [3.05, 3.63) is 34.6 Å². The molecule has 21 heavy (non-hydrogen) atoms. The average molecular weight is 308 g/mol. The Balaban J connectivity index is 1.90. The molecular formula is C14H18ClN5O. The predicted molar refractivity (Wildman–Crippen MR) is 79.2 cm³/mol. The Bertz CT molecular complexity index is 662. The second kappa shape index (κ2) is 5.52. The molecule has 1 atom stereocenters. The van der Waals surface area contributed by atoms with Gasteiger partial charge in [0, 0.05) is 19.8 Å². The molecule has 1 aliphatic rings. The van der Waals surface area contributed by atoms with Gasteiger partial charge >= 0.3 is 0 Å². The van der Waals surface area contributed by atoms with Crippen LogP contribution in [0, 0.1) is 6.92 Å². The molecule has 7 heteroatoms. The molecule has 1 N–H and O–H groups in total. The zero-order chi connectivity index (χ0) is 15.0. The lowest BCUT2D eigenvalue weighted by molar-refractivity contribution is 0.0590. The fourth-order valence-electron chi connectivity index (χ4n) is 2.84. The molecule has 0 aromatic carbocycles. The Kier molecular flexibility index (Phi) is 3.71. The fraction of sp³-hybridized carbons (Fsp3) is 0.500. The summed E-state index contributed by atoms with van der Waals surface area (Å²) >= 11 is 5.98. The first-order valence-corrected chi connectivity index (χ1v) is 7.46. The summed E-state index contributed by atoms with van der Waals surface area (Å²) in [7, 11) is 1.83. The lowest BCUT2D eigenvalue weighted by Gasteiger charge is -2.34. The molecule has 3 rings (SSSR count). The smallest absolute Gasteiger partial charge is 0.271 e. The van der Waals surface area contributed by atoms with E-state index in [1.165, 1.54) is 0 Å².